The Morgan fingerprint density at radius 2 is 1.33 bits per heavy atom. The highest BCUT2D eigenvalue weighted by Gasteiger charge is 1.84. The Balaban J connectivity index is 0. The Kier molecular flexibility index (Phi) is 4.87. The van der Waals surface area contributed by atoms with E-state index in [1.54, 1.807) is 0 Å². The number of nitrogens with zero attached hydrogens (tertiary/aromatic N) is 1. The fourth-order valence-corrected chi connectivity index (χ4v) is 0. The molecule has 0 atom stereocenters. The quantitative estimate of drug-likeness (QED) is 0.235. The molecule has 0 aliphatic carbocycles. The Morgan fingerprint density at radius 1 is 1.33 bits per heavy atom. The number of rotatable bonds is 0. The maximum atomic E-state index is 8.74. The highest BCUT2D eigenvalue weighted by molar-refractivity contribution is 7.79. The molecule has 0 saturated carbocycles. The first-order valence-corrected chi connectivity index (χ1v) is 2.66. The van der Waals surface area contributed by atoms with Gasteiger partial charge < -0.3 is 5.21 Å². The fraction of sp³-hybridized carbons (Fsp3) is 0. The Labute approximate surface area is 49.4 Å². The fourth-order valence-electron chi connectivity index (χ4n) is 0. The van der Waals surface area contributed by atoms with Gasteiger partial charge in [0.25, 0.3) is 5.09 Å². The van der Waals surface area contributed by atoms with Gasteiger partial charge in [-0.05, 0) is 0 Å². The molecule has 0 aliphatic rings. The Hall–Kier alpha value is -0.930. The van der Waals surface area contributed by atoms with Gasteiger partial charge in [-0.3, -0.25) is 9.11 Å². The van der Waals surface area contributed by atoms with Crippen LogP contribution in [0.15, 0.2) is 0 Å². The van der Waals surface area contributed by atoms with Crippen molar-refractivity contribution in [1.29, 1.82) is 0 Å². The SMILES string of the molecule is O=S(=O)(O)O.O=[N+]([O-])O. The summed E-state index contributed by atoms with van der Waals surface area (Å²) in [5.41, 5.74) is 0. The molecule has 0 aromatic rings. The molecule has 0 aromatic heterocycles. The predicted octanol–water partition coefficient (Wildman–Crippen LogP) is -1.00. The monoisotopic (exact) mass is 161 g/mol. The van der Waals surface area contributed by atoms with Gasteiger partial charge in [0.05, 0.1) is 0 Å². The lowest BCUT2D eigenvalue weighted by atomic mass is 13.1. The first-order valence-electron chi connectivity index (χ1n) is 1.26. The van der Waals surface area contributed by atoms with Crippen molar-refractivity contribution in [1.82, 2.24) is 0 Å². The molecule has 0 bridgehead atoms. The van der Waals surface area contributed by atoms with Gasteiger partial charge in [-0.2, -0.15) is 8.42 Å². The molecule has 0 unspecified atom stereocenters. The summed E-state index contributed by atoms with van der Waals surface area (Å²) in [5.74, 6) is 0. The summed E-state index contributed by atoms with van der Waals surface area (Å²) in [5, 5.41) is 13.6. The van der Waals surface area contributed by atoms with Crippen molar-refractivity contribution in [3.8, 4) is 0 Å². The summed E-state index contributed by atoms with van der Waals surface area (Å²) in [6, 6.07) is 0. The van der Waals surface area contributed by atoms with Gasteiger partial charge in [-0.15, -0.1) is 10.1 Å². The normalized spacial score (nSPS) is 9.11. The van der Waals surface area contributed by atoms with Gasteiger partial charge in [0.2, 0.25) is 0 Å². The minimum Gasteiger partial charge on any atom is -0.328 e. The summed E-state index contributed by atoms with van der Waals surface area (Å²) >= 11 is 0. The van der Waals surface area contributed by atoms with Crippen LogP contribution in [-0.4, -0.2) is 27.8 Å². The van der Waals surface area contributed by atoms with E-state index in [0.29, 0.717) is 0 Å². The molecule has 3 N–H and O–H groups in total. The lowest BCUT2D eigenvalue weighted by Gasteiger charge is -1.68. The zero-order valence-electron chi connectivity index (χ0n) is 3.83. The third-order valence-corrected chi connectivity index (χ3v) is 0. The van der Waals surface area contributed by atoms with E-state index in [-0.39, 0.29) is 0 Å². The molecule has 0 rings (SSSR count). The summed E-state index contributed by atoms with van der Waals surface area (Å²) in [4.78, 5) is 8.36. The van der Waals surface area contributed by atoms with Gasteiger partial charge >= 0.3 is 10.4 Å². The number of hydrogen-bond acceptors (Lipinski definition) is 4. The number of hydrogen-bond donors (Lipinski definition) is 3. The maximum Gasteiger partial charge on any atom is 0.394 e. The minimum absolute atomic E-state index is 1.50. The molecular weight excluding hydrogens is 158 g/mol. The zero-order chi connectivity index (χ0) is 8.08. The van der Waals surface area contributed by atoms with E-state index in [1.165, 1.54) is 0 Å². The molecule has 0 spiro atoms. The maximum absolute atomic E-state index is 8.74. The predicted molar refractivity (Wildman–Crippen MR) is 23.0 cm³/mol. The van der Waals surface area contributed by atoms with E-state index in [9.17, 15) is 0 Å². The molecule has 9 heavy (non-hydrogen) atoms. The van der Waals surface area contributed by atoms with Gasteiger partial charge in [0.15, 0.2) is 0 Å². The molecule has 9 heteroatoms. The van der Waals surface area contributed by atoms with Crippen LogP contribution in [0.5, 0.6) is 0 Å². The minimum atomic E-state index is -4.67. The molecule has 0 aliphatic heterocycles. The molecule has 0 fully saturated rings. The first-order chi connectivity index (χ1) is 3.73. The van der Waals surface area contributed by atoms with E-state index < -0.39 is 15.5 Å². The van der Waals surface area contributed by atoms with Crippen molar-refractivity contribution < 1.29 is 27.8 Å². The van der Waals surface area contributed by atoms with Crippen LogP contribution in [0, 0.1) is 10.1 Å². The molecule has 8 nitrogen and oxygen atoms in total. The van der Waals surface area contributed by atoms with Crippen LogP contribution >= 0.6 is 0 Å². The highest BCUT2D eigenvalue weighted by Crippen LogP contribution is 1.59. The van der Waals surface area contributed by atoms with Crippen molar-refractivity contribution in [3.63, 3.8) is 0 Å². The second-order valence-corrected chi connectivity index (χ2v) is 1.58. The largest absolute Gasteiger partial charge is 0.394 e. The van der Waals surface area contributed by atoms with E-state index in [2.05, 4.69) is 0 Å². The summed E-state index contributed by atoms with van der Waals surface area (Å²) < 4.78 is 31.6. The van der Waals surface area contributed by atoms with Crippen LogP contribution in [-0.2, 0) is 10.4 Å². The summed E-state index contributed by atoms with van der Waals surface area (Å²) in [6.07, 6.45) is 0. The van der Waals surface area contributed by atoms with Crippen molar-refractivity contribution in [3.05, 3.63) is 10.1 Å². The molecule has 0 aromatic carbocycles. The van der Waals surface area contributed by atoms with Crippen molar-refractivity contribution in [2.45, 2.75) is 0 Å². The molecule has 0 heterocycles. The van der Waals surface area contributed by atoms with Crippen molar-refractivity contribution in [2.75, 3.05) is 0 Å². The average molecular weight is 161 g/mol. The van der Waals surface area contributed by atoms with Crippen LogP contribution in [0.3, 0.4) is 0 Å². The smallest absolute Gasteiger partial charge is 0.328 e. The lowest BCUT2D eigenvalue weighted by molar-refractivity contribution is -0.742. The second kappa shape index (κ2) is 4.00. The second-order valence-electron chi connectivity index (χ2n) is 0.686. The lowest BCUT2D eigenvalue weighted by Crippen LogP contribution is -1.89. The summed E-state index contributed by atoms with van der Waals surface area (Å²) in [6.45, 7) is 0. The third kappa shape index (κ3) is 210. The molecule has 0 saturated heterocycles. The summed E-state index contributed by atoms with van der Waals surface area (Å²) in [7, 11) is -4.67. The highest BCUT2D eigenvalue weighted by atomic mass is 32.3. The van der Waals surface area contributed by atoms with Crippen molar-refractivity contribution >= 4 is 10.4 Å². The molecule has 56 valence electrons. The van der Waals surface area contributed by atoms with E-state index in [4.69, 9.17) is 32.8 Å². The van der Waals surface area contributed by atoms with Crippen LogP contribution in [0.1, 0.15) is 0 Å². The Bertz CT molecular complexity index is 151. The molecule has 0 amide bonds. The van der Waals surface area contributed by atoms with E-state index in [0.717, 1.165) is 0 Å². The third-order valence-electron chi connectivity index (χ3n) is 0. The van der Waals surface area contributed by atoms with Crippen molar-refractivity contribution in [2.24, 2.45) is 0 Å². The topological polar surface area (TPSA) is 138 Å². The van der Waals surface area contributed by atoms with Crippen LogP contribution in [0.2, 0.25) is 0 Å². The van der Waals surface area contributed by atoms with Gasteiger partial charge in [-0.25, -0.2) is 0 Å². The van der Waals surface area contributed by atoms with Crippen LogP contribution < -0.4 is 0 Å². The molecular formula is H3NO7S. The van der Waals surface area contributed by atoms with Crippen LogP contribution in [0.25, 0.3) is 0 Å². The van der Waals surface area contributed by atoms with Gasteiger partial charge in [0, 0.05) is 0 Å². The van der Waals surface area contributed by atoms with Gasteiger partial charge in [-0.1, -0.05) is 0 Å². The first kappa shape index (κ1) is 10.9. The van der Waals surface area contributed by atoms with Gasteiger partial charge in [0.1, 0.15) is 0 Å². The zero-order valence-corrected chi connectivity index (χ0v) is 4.65. The average Bonchev–Trinajstić information content (AvgIpc) is 1.19. The standard InChI is InChI=1S/HNO3.H2O4S/c2-1(3)4;1-5(2,3)4/h(H,2,3,4);(H2,1,2,3,4). The Morgan fingerprint density at radius 3 is 1.33 bits per heavy atom. The van der Waals surface area contributed by atoms with E-state index in [1.807, 2.05) is 0 Å². The molecule has 0 radical (unpaired) electrons. The van der Waals surface area contributed by atoms with E-state index >= 15 is 0 Å². The van der Waals surface area contributed by atoms with Crippen LogP contribution in [0.4, 0.5) is 0 Å².